The Balaban J connectivity index is 1.99. The van der Waals surface area contributed by atoms with Gasteiger partial charge in [-0.25, -0.2) is 9.67 Å². The van der Waals surface area contributed by atoms with Crippen LogP contribution in [0.2, 0.25) is 5.02 Å². The van der Waals surface area contributed by atoms with E-state index >= 15 is 0 Å². The lowest BCUT2D eigenvalue weighted by Gasteiger charge is -2.25. The minimum Gasteiger partial charge on any atom is -0.303 e. The topological polar surface area (TPSA) is 51.0 Å². The summed E-state index contributed by atoms with van der Waals surface area (Å²) in [4.78, 5) is 19.2. The normalized spacial score (nSPS) is 10.7. The van der Waals surface area contributed by atoms with Gasteiger partial charge in [-0.15, -0.1) is 11.5 Å². The zero-order chi connectivity index (χ0) is 19.6. The Bertz CT molecular complexity index is 1020. The molecule has 1 aromatic heterocycles. The first kappa shape index (κ1) is 18.7. The van der Waals surface area contributed by atoms with Crippen LogP contribution in [0, 0.1) is 19.3 Å². The van der Waals surface area contributed by atoms with Gasteiger partial charge in [-0.3, -0.25) is 4.79 Å². The van der Waals surface area contributed by atoms with E-state index in [9.17, 15) is 4.79 Å². The maximum Gasteiger partial charge on any atom is 0.298 e. The highest BCUT2D eigenvalue weighted by Crippen LogP contribution is 2.21. The van der Waals surface area contributed by atoms with Gasteiger partial charge in [-0.05, 0) is 63.2 Å². The van der Waals surface area contributed by atoms with Crippen LogP contribution >= 0.6 is 11.6 Å². The molecule has 3 aromatic rings. The van der Waals surface area contributed by atoms with E-state index in [0.29, 0.717) is 22.1 Å². The van der Waals surface area contributed by atoms with Crippen LogP contribution in [0.5, 0.6) is 0 Å². The summed E-state index contributed by atoms with van der Waals surface area (Å²) in [5.74, 6) is 3.05. The van der Waals surface area contributed by atoms with Crippen molar-refractivity contribution in [2.45, 2.75) is 26.8 Å². The average molecular weight is 379 g/mol. The molecule has 0 bridgehead atoms. The summed E-state index contributed by atoms with van der Waals surface area (Å²) in [6, 6.07) is 14.4. The number of aryl methyl sites for hydroxylation is 1. The number of halogens is 1. The van der Waals surface area contributed by atoms with Crippen molar-refractivity contribution in [1.29, 1.82) is 0 Å². The quantitative estimate of drug-likeness (QED) is 0.637. The molecule has 0 atom stereocenters. The molecule has 27 heavy (non-hydrogen) atoms. The Morgan fingerprint density at radius 1 is 1.22 bits per heavy atom. The van der Waals surface area contributed by atoms with Crippen molar-refractivity contribution in [2.24, 2.45) is 0 Å². The summed E-state index contributed by atoms with van der Waals surface area (Å²) < 4.78 is 1.62. The Morgan fingerprint density at radius 3 is 2.56 bits per heavy atom. The smallest absolute Gasteiger partial charge is 0.298 e. The van der Waals surface area contributed by atoms with Crippen LogP contribution in [0.3, 0.4) is 0 Å². The van der Waals surface area contributed by atoms with E-state index in [1.54, 1.807) is 34.7 Å². The zero-order valence-electron chi connectivity index (χ0n) is 15.3. The fourth-order valence-electron chi connectivity index (χ4n) is 2.81. The number of terminal acetylenes is 1. The van der Waals surface area contributed by atoms with E-state index in [-0.39, 0.29) is 17.8 Å². The number of hydrogen-bond acceptors (Lipinski definition) is 3. The molecule has 0 radical (unpaired) electrons. The standard InChI is InChI=1S/C21H19ClN4O/c1-5-16-7-6-8-19(13-16)25(14(2)3)21(27)20-23-15(4)26(24-20)18-11-9-17(22)10-12-18/h1,6-14H,2-4H3. The molecule has 2 aromatic carbocycles. The minimum absolute atomic E-state index is 0.0895. The van der Waals surface area contributed by atoms with Crippen LogP contribution < -0.4 is 4.90 Å². The third-order valence-corrected chi connectivity index (χ3v) is 4.31. The number of carbonyl (C=O) groups excluding carboxylic acids is 1. The Labute approximate surface area is 163 Å². The predicted molar refractivity (Wildman–Crippen MR) is 107 cm³/mol. The summed E-state index contributed by atoms with van der Waals surface area (Å²) >= 11 is 5.94. The van der Waals surface area contributed by atoms with Gasteiger partial charge in [-0.1, -0.05) is 23.6 Å². The Kier molecular flexibility index (Phi) is 5.29. The monoisotopic (exact) mass is 378 g/mol. The molecule has 0 saturated carbocycles. The fourth-order valence-corrected chi connectivity index (χ4v) is 2.94. The molecule has 0 aliphatic carbocycles. The summed E-state index contributed by atoms with van der Waals surface area (Å²) in [6.45, 7) is 5.67. The van der Waals surface area contributed by atoms with E-state index in [1.807, 2.05) is 44.2 Å². The first-order valence-corrected chi connectivity index (χ1v) is 8.88. The molecule has 3 rings (SSSR count). The highest BCUT2D eigenvalue weighted by molar-refractivity contribution is 6.30. The maximum atomic E-state index is 13.2. The molecule has 0 spiro atoms. The van der Waals surface area contributed by atoms with Crippen LogP contribution in [0.4, 0.5) is 5.69 Å². The van der Waals surface area contributed by atoms with E-state index < -0.39 is 0 Å². The molecule has 0 N–H and O–H groups in total. The molecule has 6 heteroatoms. The summed E-state index contributed by atoms with van der Waals surface area (Å²) in [6.07, 6.45) is 5.49. The van der Waals surface area contributed by atoms with Crippen LogP contribution in [-0.4, -0.2) is 26.7 Å². The van der Waals surface area contributed by atoms with Crippen molar-refractivity contribution in [2.75, 3.05) is 4.90 Å². The second-order valence-corrected chi connectivity index (χ2v) is 6.77. The third-order valence-electron chi connectivity index (χ3n) is 4.06. The van der Waals surface area contributed by atoms with Gasteiger partial charge in [0.2, 0.25) is 5.82 Å². The molecule has 0 fully saturated rings. The van der Waals surface area contributed by atoms with Gasteiger partial charge in [0.15, 0.2) is 0 Å². The molecule has 0 saturated heterocycles. The summed E-state index contributed by atoms with van der Waals surface area (Å²) in [5.41, 5.74) is 2.21. The lowest BCUT2D eigenvalue weighted by Crippen LogP contribution is -2.37. The number of amides is 1. The SMILES string of the molecule is C#Cc1cccc(N(C(=O)c2nc(C)n(-c3ccc(Cl)cc3)n2)C(C)C)c1. The van der Waals surface area contributed by atoms with Gasteiger partial charge in [0, 0.05) is 22.3 Å². The van der Waals surface area contributed by atoms with Crippen molar-refractivity contribution in [3.63, 3.8) is 0 Å². The molecule has 0 aliphatic rings. The van der Waals surface area contributed by atoms with Crippen LogP contribution in [0.15, 0.2) is 48.5 Å². The van der Waals surface area contributed by atoms with Crippen molar-refractivity contribution >= 4 is 23.2 Å². The number of anilines is 1. The molecule has 136 valence electrons. The van der Waals surface area contributed by atoms with Crippen molar-refractivity contribution in [3.8, 4) is 18.0 Å². The highest BCUT2D eigenvalue weighted by Gasteiger charge is 2.25. The van der Waals surface area contributed by atoms with Crippen LogP contribution in [0.25, 0.3) is 5.69 Å². The van der Waals surface area contributed by atoms with Gasteiger partial charge in [0.25, 0.3) is 5.91 Å². The Morgan fingerprint density at radius 2 is 1.93 bits per heavy atom. The summed E-state index contributed by atoms with van der Waals surface area (Å²) in [5, 5.41) is 5.04. The van der Waals surface area contributed by atoms with Crippen LogP contribution in [0.1, 0.15) is 35.9 Å². The molecule has 0 unspecified atom stereocenters. The van der Waals surface area contributed by atoms with Gasteiger partial charge in [-0.2, -0.15) is 0 Å². The zero-order valence-corrected chi connectivity index (χ0v) is 16.1. The fraction of sp³-hybridized carbons (Fsp3) is 0.190. The second kappa shape index (κ2) is 7.65. The number of hydrogen-bond donors (Lipinski definition) is 0. The summed E-state index contributed by atoms with van der Waals surface area (Å²) in [7, 11) is 0. The second-order valence-electron chi connectivity index (χ2n) is 6.33. The van der Waals surface area contributed by atoms with Gasteiger partial charge in [0.1, 0.15) is 5.82 Å². The highest BCUT2D eigenvalue weighted by atomic mass is 35.5. The lowest BCUT2D eigenvalue weighted by atomic mass is 10.1. The van der Waals surface area contributed by atoms with E-state index in [0.717, 1.165) is 5.69 Å². The van der Waals surface area contributed by atoms with Crippen molar-refractivity contribution in [1.82, 2.24) is 14.8 Å². The number of carbonyl (C=O) groups is 1. The maximum absolute atomic E-state index is 13.2. The van der Waals surface area contributed by atoms with E-state index in [2.05, 4.69) is 16.0 Å². The largest absolute Gasteiger partial charge is 0.303 e. The number of benzene rings is 2. The van der Waals surface area contributed by atoms with Gasteiger partial charge < -0.3 is 4.90 Å². The molecule has 5 nitrogen and oxygen atoms in total. The van der Waals surface area contributed by atoms with Crippen molar-refractivity contribution in [3.05, 3.63) is 70.8 Å². The lowest BCUT2D eigenvalue weighted by molar-refractivity contribution is 0.0970. The molecule has 1 amide bonds. The molecule has 0 aliphatic heterocycles. The predicted octanol–water partition coefficient (Wildman–Crippen LogP) is 4.27. The average Bonchev–Trinajstić information content (AvgIpc) is 3.04. The van der Waals surface area contributed by atoms with E-state index in [1.165, 1.54) is 0 Å². The number of rotatable bonds is 4. The van der Waals surface area contributed by atoms with Gasteiger partial charge >= 0.3 is 0 Å². The molecular weight excluding hydrogens is 360 g/mol. The minimum atomic E-state index is -0.282. The van der Waals surface area contributed by atoms with Crippen molar-refractivity contribution < 1.29 is 4.79 Å². The first-order chi connectivity index (χ1) is 12.9. The van der Waals surface area contributed by atoms with Gasteiger partial charge in [0.05, 0.1) is 5.69 Å². The Hall–Kier alpha value is -3.10. The molecular formula is C21H19ClN4O. The van der Waals surface area contributed by atoms with Crippen LogP contribution in [-0.2, 0) is 0 Å². The number of nitrogens with zero attached hydrogens (tertiary/aromatic N) is 4. The third kappa shape index (κ3) is 3.86. The van der Waals surface area contributed by atoms with E-state index in [4.69, 9.17) is 18.0 Å². The number of aromatic nitrogens is 3. The molecule has 1 heterocycles. The first-order valence-electron chi connectivity index (χ1n) is 8.50.